The molecule has 4 heteroatoms. The first kappa shape index (κ1) is 8.35. The number of alkyl halides is 3. The van der Waals surface area contributed by atoms with Crippen LogP contribution < -0.4 is 5.32 Å². The molecule has 1 nitrogen and oxygen atoms in total. The first-order valence-corrected chi connectivity index (χ1v) is 4.41. The lowest BCUT2D eigenvalue weighted by atomic mass is 10.1. The van der Waals surface area contributed by atoms with E-state index in [4.69, 9.17) is 0 Å². The van der Waals surface area contributed by atoms with E-state index in [9.17, 15) is 13.2 Å². The third-order valence-electron chi connectivity index (χ3n) is 2.89. The molecule has 2 fully saturated rings. The van der Waals surface area contributed by atoms with Gasteiger partial charge < -0.3 is 5.32 Å². The molecule has 0 amide bonds. The number of fused-ring (bicyclic) bond motifs is 1. The zero-order valence-corrected chi connectivity index (χ0v) is 6.69. The highest BCUT2D eigenvalue weighted by Gasteiger charge is 2.63. The molecular formula is C8H12F3N. The Kier molecular flexibility index (Phi) is 1.82. The maximum absolute atomic E-state index is 12.2. The van der Waals surface area contributed by atoms with E-state index in [0.717, 1.165) is 25.8 Å². The standard InChI is InChI=1S/C8H12F3N/c9-8(10,11)6-5-3-1-2-4-12-7(5)6/h5-7,12H,1-4H2. The molecule has 2 aliphatic rings. The maximum Gasteiger partial charge on any atom is 0.393 e. The van der Waals surface area contributed by atoms with E-state index in [1.807, 2.05) is 0 Å². The van der Waals surface area contributed by atoms with Gasteiger partial charge >= 0.3 is 6.18 Å². The van der Waals surface area contributed by atoms with Crippen LogP contribution in [0.15, 0.2) is 0 Å². The predicted octanol–water partition coefficient (Wildman–Crippen LogP) is 1.94. The van der Waals surface area contributed by atoms with Crippen LogP contribution in [0.25, 0.3) is 0 Å². The Bertz CT molecular complexity index is 166. The normalized spacial score (nSPS) is 41.8. The quantitative estimate of drug-likeness (QED) is 0.599. The molecule has 1 heterocycles. The summed E-state index contributed by atoms with van der Waals surface area (Å²) in [5.74, 6) is -1.16. The molecule has 3 atom stereocenters. The van der Waals surface area contributed by atoms with Crippen molar-refractivity contribution in [2.45, 2.75) is 31.5 Å². The van der Waals surface area contributed by atoms with Gasteiger partial charge in [-0.15, -0.1) is 0 Å². The largest absolute Gasteiger partial charge is 0.393 e. The molecule has 0 aromatic heterocycles. The molecule has 0 spiro atoms. The van der Waals surface area contributed by atoms with Gasteiger partial charge in [0.15, 0.2) is 0 Å². The van der Waals surface area contributed by atoms with Crippen molar-refractivity contribution in [2.75, 3.05) is 6.54 Å². The van der Waals surface area contributed by atoms with E-state index in [1.54, 1.807) is 0 Å². The van der Waals surface area contributed by atoms with Gasteiger partial charge in [-0.05, 0) is 25.3 Å². The molecular weight excluding hydrogens is 167 g/mol. The number of hydrogen-bond donors (Lipinski definition) is 1. The fourth-order valence-corrected chi connectivity index (χ4v) is 2.23. The lowest BCUT2D eigenvalue weighted by Gasteiger charge is -2.07. The van der Waals surface area contributed by atoms with Gasteiger partial charge in [-0.1, -0.05) is 6.42 Å². The summed E-state index contributed by atoms with van der Waals surface area (Å²) in [5, 5.41) is 2.96. The Morgan fingerprint density at radius 1 is 1.17 bits per heavy atom. The van der Waals surface area contributed by atoms with E-state index in [-0.39, 0.29) is 12.0 Å². The van der Waals surface area contributed by atoms with Crippen molar-refractivity contribution in [1.82, 2.24) is 5.32 Å². The van der Waals surface area contributed by atoms with Crippen LogP contribution in [0, 0.1) is 11.8 Å². The zero-order chi connectivity index (χ0) is 8.77. The number of nitrogens with one attached hydrogen (secondary N) is 1. The lowest BCUT2D eigenvalue weighted by Crippen LogP contribution is -2.24. The van der Waals surface area contributed by atoms with E-state index in [1.165, 1.54) is 0 Å². The first-order chi connectivity index (χ1) is 5.61. The Hall–Kier alpha value is -0.250. The van der Waals surface area contributed by atoms with Crippen molar-refractivity contribution in [2.24, 2.45) is 11.8 Å². The van der Waals surface area contributed by atoms with Crippen LogP contribution in [-0.2, 0) is 0 Å². The van der Waals surface area contributed by atoms with Crippen molar-refractivity contribution < 1.29 is 13.2 Å². The van der Waals surface area contributed by atoms with Crippen molar-refractivity contribution in [3.8, 4) is 0 Å². The summed E-state index contributed by atoms with van der Waals surface area (Å²) >= 11 is 0. The molecule has 1 aliphatic carbocycles. The van der Waals surface area contributed by atoms with E-state index in [2.05, 4.69) is 5.32 Å². The Morgan fingerprint density at radius 2 is 1.92 bits per heavy atom. The van der Waals surface area contributed by atoms with Gasteiger partial charge in [-0.3, -0.25) is 0 Å². The highest BCUT2D eigenvalue weighted by molar-refractivity contribution is 5.07. The van der Waals surface area contributed by atoms with Crippen molar-refractivity contribution in [3.05, 3.63) is 0 Å². The van der Waals surface area contributed by atoms with Gasteiger partial charge in [-0.25, -0.2) is 0 Å². The van der Waals surface area contributed by atoms with Crippen molar-refractivity contribution in [3.63, 3.8) is 0 Å². The van der Waals surface area contributed by atoms with Crippen LogP contribution in [0.1, 0.15) is 19.3 Å². The van der Waals surface area contributed by atoms with Gasteiger partial charge in [0.2, 0.25) is 0 Å². The second kappa shape index (κ2) is 2.62. The molecule has 2 rings (SSSR count). The highest BCUT2D eigenvalue weighted by atomic mass is 19.4. The molecule has 1 saturated heterocycles. The summed E-state index contributed by atoms with van der Waals surface area (Å²) in [6, 6.07) is -0.257. The molecule has 3 unspecified atom stereocenters. The molecule has 0 aromatic rings. The molecule has 0 aromatic carbocycles. The smallest absolute Gasteiger partial charge is 0.313 e. The van der Waals surface area contributed by atoms with Crippen LogP contribution in [0.5, 0.6) is 0 Å². The number of rotatable bonds is 0. The summed E-state index contributed by atoms with van der Waals surface area (Å²) in [5.41, 5.74) is 0. The fourth-order valence-electron chi connectivity index (χ4n) is 2.23. The second-order valence-electron chi connectivity index (χ2n) is 3.71. The van der Waals surface area contributed by atoms with E-state index >= 15 is 0 Å². The summed E-state index contributed by atoms with van der Waals surface area (Å²) in [4.78, 5) is 0. The average molecular weight is 179 g/mol. The molecule has 0 radical (unpaired) electrons. The monoisotopic (exact) mass is 179 g/mol. The highest BCUT2D eigenvalue weighted by Crippen LogP contribution is 2.53. The molecule has 70 valence electrons. The average Bonchev–Trinajstić information content (AvgIpc) is 2.54. The Labute approximate surface area is 69.3 Å². The number of hydrogen-bond acceptors (Lipinski definition) is 1. The van der Waals surface area contributed by atoms with Gasteiger partial charge in [-0.2, -0.15) is 13.2 Å². The van der Waals surface area contributed by atoms with Crippen LogP contribution in [0.3, 0.4) is 0 Å². The lowest BCUT2D eigenvalue weighted by molar-refractivity contribution is -0.152. The third kappa shape index (κ3) is 1.32. The first-order valence-electron chi connectivity index (χ1n) is 4.41. The third-order valence-corrected chi connectivity index (χ3v) is 2.89. The van der Waals surface area contributed by atoms with E-state index < -0.39 is 12.1 Å². The van der Waals surface area contributed by atoms with Gasteiger partial charge in [0.05, 0.1) is 5.92 Å². The summed E-state index contributed by atoms with van der Waals surface area (Å²) in [6.45, 7) is 0.758. The topological polar surface area (TPSA) is 12.0 Å². The van der Waals surface area contributed by atoms with Crippen LogP contribution in [0.4, 0.5) is 13.2 Å². The van der Waals surface area contributed by atoms with Crippen LogP contribution in [0.2, 0.25) is 0 Å². The summed E-state index contributed by atoms with van der Waals surface area (Å²) < 4.78 is 36.7. The second-order valence-corrected chi connectivity index (χ2v) is 3.71. The maximum atomic E-state index is 12.2. The minimum absolute atomic E-state index is 0.118. The molecule has 12 heavy (non-hydrogen) atoms. The minimum atomic E-state index is -3.97. The summed E-state index contributed by atoms with van der Waals surface area (Å²) in [7, 11) is 0. The fraction of sp³-hybridized carbons (Fsp3) is 1.00. The Morgan fingerprint density at radius 3 is 2.58 bits per heavy atom. The molecule has 1 aliphatic heterocycles. The summed E-state index contributed by atoms with van der Waals surface area (Å²) in [6.07, 6.45) is -1.25. The zero-order valence-electron chi connectivity index (χ0n) is 6.69. The van der Waals surface area contributed by atoms with E-state index in [0.29, 0.717) is 0 Å². The predicted molar refractivity (Wildman–Crippen MR) is 38.7 cm³/mol. The van der Waals surface area contributed by atoms with Crippen molar-refractivity contribution >= 4 is 0 Å². The van der Waals surface area contributed by atoms with Crippen LogP contribution in [-0.4, -0.2) is 18.8 Å². The molecule has 1 N–H and O–H groups in total. The molecule has 0 bridgehead atoms. The van der Waals surface area contributed by atoms with Gasteiger partial charge in [0.1, 0.15) is 0 Å². The minimum Gasteiger partial charge on any atom is -0.313 e. The van der Waals surface area contributed by atoms with Crippen molar-refractivity contribution in [1.29, 1.82) is 0 Å². The van der Waals surface area contributed by atoms with Crippen LogP contribution >= 0.6 is 0 Å². The molecule has 1 saturated carbocycles. The SMILES string of the molecule is FC(F)(F)C1C2CCCCNC21. The Balaban J connectivity index is 1.98. The van der Waals surface area contributed by atoms with Gasteiger partial charge in [0, 0.05) is 6.04 Å². The van der Waals surface area contributed by atoms with Gasteiger partial charge in [0.25, 0.3) is 0 Å². The number of halogens is 3.